The Labute approximate surface area is 156 Å². The van der Waals surface area contributed by atoms with Crippen LogP contribution >= 0.6 is 0 Å². The predicted octanol–water partition coefficient (Wildman–Crippen LogP) is 4.28. The van der Waals surface area contributed by atoms with E-state index in [2.05, 4.69) is 13.8 Å². The van der Waals surface area contributed by atoms with Gasteiger partial charge in [-0.25, -0.2) is 4.39 Å². The Morgan fingerprint density at radius 3 is 2.81 bits per heavy atom. The van der Waals surface area contributed by atoms with Crippen LogP contribution in [0.1, 0.15) is 58.8 Å². The molecular weight excluding hydrogens is 335 g/mol. The minimum absolute atomic E-state index is 0.0470. The Hall–Kier alpha value is -1.20. The number of ether oxygens (including phenoxy) is 1. The molecule has 1 saturated carbocycles. The van der Waals surface area contributed by atoms with E-state index in [0.29, 0.717) is 12.3 Å². The first-order valence-corrected chi connectivity index (χ1v) is 9.98. The molecule has 0 spiro atoms. The largest absolute Gasteiger partial charge is 0.481 e. The molecule has 0 aromatic carbocycles. The lowest BCUT2D eigenvalue weighted by Crippen LogP contribution is -2.26. The summed E-state index contributed by atoms with van der Waals surface area (Å²) in [6, 6.07) is 0. The summed E-state index contributed by atoms with van der Waals surface area (Å²) in [7, 11) is 0. The van der Waals surface area contributed by atoms with E-state index in [4.69, 9.17) is 9.84 Å². The van der Waals surface area contributed by atoms with Crippen LogP contribution in [0.25, 0.3) is 0 Å². The molecule has 1 aliphatic carbocycles. The lowest BCUT2D eigenvalue weighted by atomic mass is 9.85. The molecule has 0 aromatic rings. The highest BCUT2D eigenvalue weighted by Gasteiger charge is 2.53. The number of fused-ring (bicyclic) bond motifs is 1. The van der Waals surface area contributed by atoms with Gasteiger partial charge in [-0.2, -0.15) is 0 Å². The molecule has 0 bridgehead atoms. The minimum atomic E-state index is -1.09. The molecule has 0 amide bonds. The van der Waals surface area contributed by atoms with E-state index < -0.39 is 24.3 Å². The van der Waals surface area contributed by atoms with Crippen molar-refractivity contribution in [2.75, 3.05) is 0 Å². The van der Waals surface area contributed by atoms with Crippen LogP contribution in [0.4, 0.5) is 4.39 Å². The van der Waals surface area contributed by atoms with Gasteiger partial charge in [0.2, 0.25) is 0 Å². The summed E-state index contributed by atoms with van der Waals surface area (Å²) < 4.78 is 20.8. The molecule has 5 heteroatoms. The number of allylic oxidation sites excluding steroid dienone is 2. The number of rotatable bonds is 10. The van der Waals surface area contributed by atoms with Crippen LogP contribution in [0.5, 0.6) is 0 Å². The average molecular weight is 368 g/mol. The van der Waals surface area contributed by atoms with Gasteiger partial charge in [-0.3, -0.25) is 4.79 Å². The topological polar surface area (TPSA) is 66.8 Å². The first-order valence-electron chi connectivity index (χ1n) is 9.98. The normalized spacial score (nSPS) is 35.4. The number of aliphatic carboxylic acids is 1. The number of carboxylic acid groups (broad SMARTS) is 1. The molecular formula is C21H33FO4. The number of hydrogen-bond donors (Lipinski definition) is 2. The van der Waals surface area contributed by atoms with E-state index in [9.17, 15) is 14.3 Å². The fraction of sp³-hybridized carbons (Fsp3) is 0.762. The van der Waals surface area contributed by atoms with E-state index >= 15 is 0 Å². The third kappa shape index (κ3) is 5.65. The van der Waals surface area contributed by atoms with Crippen LogP contribution in [-0.4, -0.2) is 40.7 Å². The van der Waals surface area contributed by atoms with Crippen molar-refractivity contribution in [2.24, 2.45) is 17.8 Å². The van der Waals surface area contributed by atoms with Gasteiger partial charge in [0.05, 0.1) is 12.2 Å². The molecule has 26 heavy (non-hydrogen) atoms. The Kier molecular flexibility index (Phi) is 8.29. The maximum Gasteiger partial charge on any atom is 0.303 e. The zero-order valence-electron chi connectivity index (χ0n) is 15.9. The highest BCUT2D eigenvalue weighted by molar-refractivity contribution is 5.66. The summed E-state index contributed by atoms with van der Waals surface area (Å²) in [4.78, 5) is 10.5. The lowest BCUT2D eigenvalue weighted by Gasteiger charge is -2.21. The van der Waals surface area contributed by atoms with Gasteiger partial charge in [0.15, 0.2) is 0 Å². The van der Waals surface area contributed by atoms with Gasteiger partial charge in [-0.15, -0.1) is 0 Å². The predicted molar refractivity (Wildman–Crippen MR) is 99.6 cm³/mol. The molecule has 1 saturated heterocycles. The van der Waals surface area contributed by atoms with Crippen molar-refractivity contribution >= 4 is 5.97 Å². The van der Waals surface area contributed by atoms with Crippen molar-refractivity contribution in [3.8, 4) is 0 Å². The highest BCUT2D eigenvalue weighted by Crippen LogP contribution is 2.48. The summed E-state index contributed by atoms with van der Waals surface area (Å²) in [6.45, 7) is 4.25. The van der Waals surface area contributed by atoms with E-state index in [1.54, 1.807) is 12.2 Å². The fourth-order valence-corrected chi connectivity index (χ4v) is 4.23. The Morgan fingerprint density at radius 2 is 2.12 bits per heavy atom. The molecule has 2 N–H and O–H groups in total. The molecule has 7 atom stereocenters. The van der Waals surface area contributed by atoms with Gasteiger partial charge < -0.3 is 14.9 Å². The number of aliphatic hydroxyl groups is 1. The van der Waals surface area contributed by atoms with Crippen LogP contribution in [0.15, 0.2) is 24.3 Å². The average Bonchev–Trinajstić information content (AvgIpc) is 3.05. The van der Waals surface area contributed by atoms with E-state index in [1.807, 2.05) is 12.2 Å². The second-order valence-corrected chi connectivity index (χ2v) is 7.76. The number of carboxylic acids is 1. The standard InChI is InChI=1S/C21H33FO4/c1-3-4-5-8-15(23)11-12-16-14(2)13-18-20(16)21(22)17(26-18)9-6-7-10-19(24)25/h6,9,11-12,14-18,20-21,23H,3-5,7-8,10,13H2,1-2H3,(H,24,25)/b9-6+,12-11+/t14-,15+,16+,17-,18-,20-,21?/m1/s1. The summed E-state index contributed by atoms with van der Waals surface area (Å²) in [5.74, 6) is -0.627. The number of carbonyl (C=O) groups is 1. The summed E-state index contributed by atoms with van der Waals surface area (Å²) in [6.07, 6.45) is 10.3. The fourth-order valence-electron chi connectivity index (χ4n) is 4.23. The molecule has 2 fully saturated rings. The maximum atomic E-state index is 14.9. The van der Waals surface area contributed by atoms with E-state index in [0.717, 1.165) is 32.1 Å². The van der Waals surface area contributed by atoms with Crippen molar-refractivity contribution in [3.05, 3.63) is 24.3 Å². The zero-order valence-corrected chi connectivity index (χ0v) is 15.9. The maximum absolute atomic E-state index is 14.9. The first kappa shape index (κ1) is 21.1. The number of hydrogen-bond acceptors (Lipinski definition) is 3. The summed E-state index contributed by atoms with van der Waals surface area (Å²) in [5.41, 5.74) is 0. The van der Waals surface area contributed by atoms with Crippen LogP contribution < -0.4 is 0 Å². The van der Waals surface area contributed by atoms with Gasteiger partial charge in [0, 0.05) is 12.3 Å². The Bertz CT molecular complexity index is 504. The molecule has 1 aliphatic heterocycles. The van der Waals surface area contributed by atoms with Crippen molar-refractivity contribution in [2.45, 2.75) is 83.3 Å². The summed E-state index contributed by atoms with van der Waals surface area (Å²) >= 11 is 0. The molecule has 1 unspecified atom stereocenters. The lowest BCUT2D eigenvalue weighted by molar-refractivity contribution is -0.136. The summed E-state index contributed by atoms with van der Waals surface area (Å²) in [5, 5.41) is 18.8. The Balaban J connectivity index is 1.90. The number of aliphatic hydroxyl groups excluding tert-OH is 1. The number of unbranched alkanes of at least 4 members (excludes halogenated alkanes) is 2. The first-order chi connectivity index (χ1) is 12.4. The van der Waals surface area contributed by atoms with Crippen molar-refractivity contribution in [1.82, 2.24) is 0 Å². The second kappa shape index (κ2) is 10.2. The molecule has 0 aromatic heterocycles. The van der Waals surface area contributed by atoms with Gasteiger partial charge in [-0.05, 0) is 31.1 Å². The second-order valence-electron chi connectivity index (χ2n) is 7.76. The quantitative estimate of drug-likeness (QED) is 0.446. The van der Waals surface area contributed by atoms with Gasteiger partial charge in [0.25, 0.3) is 0 Å². The molecule has 4 nitrogen and oxygen atoms in total. The Morgan fingerprint density at radius 1 is 1.35 bits per heavy atom. The van der Waals surface area contributed by atoms with Crippen molar-refractivity contribution < 1.29 is 24.1 Å². The molecule has 2 rings (SSSR count). The monoisotopic (exact) mass is 368 g/mol. The van der Waals surface area contributed by atoms with E-state index in [-0.39, 0.29) is 24.4 Å². The molecule has 1 heterocycles. The minimum Gasteiger partial charge on any atom is -0.481 e. The molecule has 2 aliphatic rings. The van der Waals surface area contributed by atoms with E-state index in [1.165, 1.54) is 0 Å². The number of alkyl halides is 1. The third-order valence-corrected chi connectivity index (χ3v) is 5.66. The zero-order chi connectivity index (χ0) is 19.1. The molecule has 0 radical (unpaired) electrons. The van der Waals surface area contributed by atoms with Crippen molar-refractivity contribution in [3.63, 3.8) is 0 Å². The van der Waals surface area contributed by atoms with Crippen LogP contribution in [0.2, 0.25) is 0 Å². The third-order valence-electron chi connectivity index (χ3n) is 5.66. The number of halogens is 1. The van der Waals surface area contributed by atoms with Gasteiger partial charge in [-0.1, -0.05) is 57.4 Å². The SMILES string of the molecule is CCCCC[C@H](O)/C=C/[C@@H]1[C@H]2C(F)[C@@H](/C=C/CCC(=O)O)O[C@@H]2C[C@H]1C. The van der Waals surface area contributed by atoms with Crippen LogP contribution in [0.3, 0.4) is 0 Å². The van der Waals surface area contributed by atoms with Crippen LogP contribution in [0, 0.1) is 17.8 Å². The van der Waals surface area contributed by atoms with Crippen molar-refractivity contribution in [1.29, 1.82) is 0 Å². The van der Waals surface area contributed by atoms with Gasteiger partial charge >= 0.3 is 5.97 Å². The van der Waals surface area contributed by atoms with Crippen LogP contribution in [-0.2, 0) is 9.53 Å². The van der Waals surface area contributed by atoms with Gasteiger partial charge in [0.1, 0.15) is 12.3 Å². The smallest absolute Gasteiger partial charge is 0.303 e. The highest BCUT2D eigenvalue weighted by atomic mass is 19.1. The molecule has 148 valence electrons.